The molecule has 0 aromatic rings. The molecule has 4 nitrogen and oxygen atoms in total. The Bertz CT molecular complexity index is 400. The summed E-state index contributed by atoms with van der Waals surface area (Å²) in [5, 5.41) is 9.93. The van der Waals surface area contributed by atoms with E-state index < -0.39 is 25.6 Å². The highest BCUT2D eigenvalue weighted by Gasteiger charge is 2.49. The lowest BCUT2D eigenvalue weighted by atomic mass is 10.2. The van der Waals surface area contributed by atoms with Gasteiger partial charge in [0.1, 0.15) is 0 Å². The average Bonchev–Trinajstić information content (AvgIpc) is 2.34. The molecule has 0 rings (SSSR count). The highest BCUT2D eigenvalue weighted by Crippen LogP contribution is 2.44. The summed E-state index contributed by atoms with van der Waals surface area (Å²) in [6.45, 7) is 16.6. The van der Waals surface area contributed by atoms with E-state index in [2.05, 4.69) is 48.1 Å². The summed E-state index contributed by atoms with van der Waals surface area (Å²) >= 11 is 0. The van der Waals surface area contributed by atoms with Crippen LogP contribution in [-0.4, -0.2) is 32.2 Å². The van der Waals surface area contributed by atoms with Gasteiger partial charge in [-0.1, -0.05) is 66.3 Å². The van der Waals surface area contributed by atoms with E-state index in [1.54, 1.807) is 0 Å². The maximum atomic E-state index is 12.1. The minimum absolute atomic E-state index is 0.119. The lowest BCUT2D eigenvalue weighted by Gasteiger charge is -2.41. The largest absolute Gasteiger partial charge is 0.481 e. The molecule has 0 bridgehead atoms. The first kappa shape index (κ1) is 21.9. The summed E-state index contributed by atoms with van der Waals surface area (Å²) in [6, 6.07) is 2.66. The first-order valence-corrected chi connectivity index (χ1v) is 11.2. The first-order valence-electron chi connectivity index (χ1n) is 8.46. The molecule has 0 fully saturated rings. The molecule has 0 heterocycles. The van der Waals surface area contributed by atoms with Crippen LogP contribution in [0.15, 0.2) is 12.2 Å². The Morgan fingerprint density at radius 1 is 0.957 bits per heavy atom. The molecule has 1 unspecified atom stereocenters. The molecule has 0 radical (unpaired) electrons. The monoisotopic (exact) mass is 342 g/mol. The van der Waals surface area contributed by atoms with E-state index in [0.29, 0.717) is 17.8 Å². The van der Waals surface area contributed by atoms with Crippen LogP contribution >= 0.6 is 0 Å². The minimum Gasteiger partial charge on any atom is -0.481 e. The molecule has 23 heavy (non-hydrogen) atoms. The summed E-state index contributed by atoms with van der Waals surface area (Å²) in [5.74, 6) is -0.330. The van der Waals surface area contributed by atoms with E-state index in [1.165, 1.54) is 7.11 Å². The normalized spacial score (nSPS) is 13.5. The van der Waals surface area contributed by atoms with Gasteiger partial charge in [0, 0.05) is 5.57 Å². The summed E-state index contributed by atoms with van der Waals surface area (Å²) in [4.78, 5) is 24.1. The fourth-order valence-corrected chi connectivity index (χ4v) is 11.5. The van der Waals surface area contributed by atoms with Crippen LogP contribution in [-0.2, 0) is 14.3 Å². The number of carboxylic acid groups (broad SMARTS) is 1. The molecule has 5 heteroatoms. The van der Waals surface area contributed by atoms with Gasteiger partial charge >= 0.3 is 11.9 Å². The number of hydrogen-bond acceptors (Lipinski definition) is 3. The van der Waals surface area contributed by atoms with Crippen molar-refractivity contribution in [3.05, 3.63) is 12.2 Å². The van der Waals surface area contributed by atoms with Crippen LogP contribution < -0.4 is 0 Å². The molecule has 0 aliphatic rings. The molecule has 0 aliphatic carbocycles. The number of rotatable bonds is 10. The van der Waals surface area contributed by atoms with Crippen LogP contribution in [0.5, 0.6) is 0 Å². The minimum atomic E-state index is -2.32. The van der Waals surface area contributed by atoms with Gasteiger partial charge in [-0.3, -0.25) is 4.79 Å². The third-order valence-corrected chi connectivity index (χ3v) is 10.8. The molecule has 0 saturated carbocycles. The molecule has 0 saturated heterocycles. The fraction of sp³-hybridized carbons (Fsp3) is 0.778. The van der Waals surface area contributed by atoms with Crippen molar-refractivity contribution in [1.29, 1.82) is 0 Å². The zero-order chi connectivity index (χ0) is 18.4. The fourth-order valence-electron chi connectivity index (χ4n) is 4.07. The molecule has 0 spiro atoms. The van der Waals surface area contributed by atoms with Crippen LogP contribution in [0.3, 0.4) is 0 Å². The third-order valence-electron chi connectivity index (χ3n) is 4.10. The smallest absolute Gasteiger partial charge is 0.333 e. The number of carbonyl (C=O) groups is 2. The number of ether oxygens (including phenoxy) is 1. The van der Waals surface area contributed by atoms with Gasteiger partial charge in [0.05, 0.1) is 20.7 Å². The molecular formula is C18H34O4Si. The number of carboxylic acids is 1. The highest BCUT2D eigenvalue weighted by atomic mass is 28.3. The van der Waals surface area contributed by atoms with E-state index in [1.807, 2.05) is 0 Å². The van der Waals surface area contributed by atoms with Gasteiger partial charge in [0.2, 0.25) is 0 Å². The number of methoxy groups -OCH3 is 1. The van der Waals surface area contributed by atoms with E-state index >= 15 is 0 Å². The predicted octanol–water partition coefficient (Wildman–Crippen LogP) is 4.59. The summed E-state index contributed by atoms with van der Waals surface area (Å²) in [7, 11) is -1.04. The van der Waals surface area contributed by atoms with E-state index in [0.717, 1.165) is 18.1 Å². The first-order chi connectivity index (χ1) is 10.5. The quantitative estimate of drug-likeness (QED) is 0.358. The molecule has 134 valence electrons. The Balaban J connectivity index is 6.10. The van der Waals surface area contributed by atoms with Crippen molar-refractivity contribution in [1.82, 2.24) is 0 Å². The van der Waals surface area contributed by atoms with Gasteiger partial charge in [-0.25, -0.2) is 4.79 Å². The van der Waals surface area contributed by atoms with Crippen LogP contribution in [0, 0.1) is 17.8 Å². The van der Waals surface area contributed by atoms with E-state index in [9.17, 15) is 14.7 Å². The Morgan fingerprint density at radius 3 is 1.52 bits per heavy atom. The summed E-state index contributed by atoms with van der Waals surface area (Å²) in [6.07, 6.45) is 0. The SMILES string of the molecule is C=C(C(=O)OC)C(C(=O)O)[Si](CC(C)C)(CC(C)C)CC(C)C. The Morgan fingerprint density at radius 2 is 1.30 bits per heavy atom. The van der Waals surface area contributed by atoms with Gasteiger partial charge in [-0.2, -0.15) is 0 Å². The third kappa shape index (κ3) is 6.49. The van der Waals surface area contributed by atoms with Gasteiger partial charge in [0.15, 0.2) is 0 Å². The second kappa shape index (κ2) is 9.26. The van der Waals surface area contributed by atoms with Gasteiger partial charge in [-0.15, -0.1) is 0 Å². The van der Waals surface area contributed by atoms with Gasteiger partial charge < -0.3 is 9.84 Å². The number of carbonyl (C=O) groups excluding carboxylic acids is 1. The Hall–Kier alpha value is -1.10. The van der Waals surface area contributed by atoms with Crippen molar-refractivity contribution in [3.8, 4) is 0 Å². The molecule has 1 atom stereocenters. The topological polar surface area (TPSA) is 63.6 Å². The molecule has 0 aromatic carbocycles. The van der Waals surface area contributed by atoms with E-state index in [-0.39, 0.29) is 5.57 Å². The van der Waals surface area contributed by atoms with Crippen molar-refractivity contribution in [3.63, 3.8) is 0 Å². The number of esters is 1. The number of aliphatic carboxylic acids is 1. The second-order valence-electron chi connectivity index (χ2n) is 7.94. The maximum absolute atomic E-state index is 12.1. The van der Waals surface area contributed by atoms with Gasteiger partial charge in [0.25, 0.3) is 0 Å². The molecule has 0 aliphatic heterocycles. The molecular weight excluding hydrogens is 308 g/mol. The average molecular weight is 343 g/mol. The van der Waals surface area contributed by atoms with Crippen molar-refractivity contribution in [2.45, 2.75) is 65.2 Å². The number of hydrogen-bond donors (Lipinski definition) is 1. The maximum Gasteiger partial charge on any atom is 0.333 e. The summed E-state index contributed by atoms with van der Waals surface area (Å²) in [5.41, 5.74) is -0.657. The van der Waals surface area contributed by atoms with Crippen molar-refractivity contribution >= 4 is 20.0 Å². The molecule has 0 aromatic heterocycles. The van der Waals surface area contributed by atoms with E-state index in [4.69, 9.17) is 4.74 Å². The lowest BCUT2D eigenvalue weighted by Crippen LogP contribution is -2.48. The lowest BCUT2D eigenvalue weighted by molar-refractivity contribution is -0.141. The molecule has 1 N–H and O–H groups in total. The predicted molar refractivity (Wildman–Crippen MR) is 97.2 cm³/mol. The van der Waals surface area contributed by atoms with Crippen LogP contribution in [0.4, 0.5) is 0 Å². The van der Waals surface area contributed by atoms with Gasteiger partial charge in [-0.05, 0) is 17.8 Å². The Labute approximate surface area is 142 Å². The van der Waals surface area contributed by atoms with Crippen LogP contribution in [0.25, 0.3) is 0 Å². The molecule has 0 amide bonds. The highest BCUT2D eigenvalue weighted by molar-refractivity contribution is 6.85. The van der Waals surface area contributed by atoms with Crippen molar-refractivity contribution in [2.24, 2.45) is 17.8 Å². The van der Waals surface area contributed by atoms with Crippen LogP contribution in [0.2, 0.25) is 23.7 Å². The van der Waals surface area contributed by atoms with Crippen molar-refractivity contribution < 1.29 is 19.4 Å². The zero-order valence-electron chi connectivity index (χ0n) is 15.8. The second-order valence-corrected chi connectivity index (χ2v) is 12.5. The standard InChI is InChI=1S/C18H34O4Si/c1-12(2)9-23(10-13(3)4,11-14(5)6)16(17(19)20)15(7)18(21)22-8/h12-14,16H,7,9-11H2,1-6,8H3,(H,19,20). The zero-order valence-corrected chi connectivity index (χ0v) is 16.8. The van der Waals surface area contributed by atoms with Crippen molar-refractivity contribution in [2.75, 3.05) is 7.11 Å². The summed E-state index contributed by atoms with van der Waals surface area (Å²) < 4.78 is 4.77. The van der Waals surface area contributed by atoms with Crippen LogP contribution in [0.1, 0.15) is 41.5 Å². The Kier molecular flexibility index (Phi) is 8.81.